The van der Waals surface area contributed by atoms with Gasteiger partial charge in [-0.15, -0.1) is 4.98 Å². The van der Waals surface area contributed by atoms with Gasteiger partial charge in [0.25, 0.3) is 6.10 Å². The van der Waals surface area contributed by atoms with Crippen molar-refractivity contribution < 1.29 is 35.8 Å². The van der Waals surface area contributed by atoms with Gasteiger partial charge in [0.05, 0.1) is 6.61 Å². The van der Waals surface area contributed by atoms with Gasteiger partial charge < -0.3 is 15.2 Å². The largest absolute Gasteiger partial charge is 0.463 e. The molecule has 2 N–H and O–H groups in total. The molecule has 0 aliphatic rings. The van der Waals surface area contributed by atoms with Crippen molar-refractivity contribution in [3.63, 3.8) is 0 Å². The van der Waals surface area contributed by atoms with Gasteiger partial charge in [0.15, 0.2) is 0 Å². The first kappa shape index (κ1) is 17.0. The van der Waals surface area contributed by atoms with Gasteiger partial charge in [-0.2, -0.15) is 36.3 Å². The Morgan fingerprint density at radius 3 is 2.00 bits per heavy atom. The van der Waals surface area contributed by atoms with Gasteiger partial charge in [-0.1, -0.05) is 6.92 Å². The van der Waals surface area contributed by atoms with Gasteiger partial charge in [0, 0.05) is 0 Å². The topological polar surface area (TPSA) is 83.2 Å². The number of hydrogen-bond donors (Lipinski definition) is 1. The third-order valence-electron chi connectivity index (χ3n) is 1.86. The first-order valence-corrected chi connectivity index (χ1v) is 5.48. The molecule has 0 saturated carbocycles. The highest BCUT2D eigenvalue weighted by molar-refractivity contribution is 5.20. The standard InChI is InChI=1S/C9H10F6N4O2/c1-2-3-20-6-17-5(16)18-7(19-6)21-4(8(10,11)12)9(13,14)15/h4H,2-3H2,1H3,(H2,16,17,18,19). The number of halogens is 6. The molecule has 0 aliphatic heterocycles. The van der Waals surface area contributed by atoms with Gasteiger partial charge in [0.2, 0.25) is 5.95 Å². The molecule has 0 spiro atoms. The molecule has 0 atom stereocenters. The van der Waals surface area contributed by atoms with Crippen molar-refractivity contribution in [3.05, 3.63) is 0 Å². The molecule has 0 aromatic carbocycles. The minimum Gasteiger partial charge on any atom is -0.463 e. The molecule has 0 bridgehead atoms. The summed E-state index contributed by atoms with van der Waals surface area (Å²) in [6.07, 6.45) is -14.9. The van der Waals surface area contributed by atoms with E-state index in [1.807, 2.05) is 0 Å². The van der Waals surface area contributed by atoms with Crippen LogP contribution in [-0.2, 0) is 0 Å². The number of rotatable bonds is 5. The minimum absolute atomic E-state index is 0.0882. The van der Waals surface area contributed by atoms with Crippen LogP contribution in [0.3, 0.4) is 0 Å². The van der Waals surface area contributed by atoms with Crippen molar-refractivity contribution in [3.8, 4) is 12.0 Å². The lowest BCUT2D eigenvalue weighted by Crippen LogP contribution is -2.46. The molecular formula is C9H10F6N4O2. The maximum atomic E-state index is 12.3. The zero-order valence-electron chi connectivity index (χ0n) is 10.5. The van der Waals surface area contributed by atoms with Crippen molar-refractivity contribution in [2.75, 3.05) is 12.3 Å². The number of hydrogen-bond acceptors (Lipinski definition) is 6. The smallest absolute Gasteiger partial charge is 0.434 e. The van der Waals surface area contributed by atoms with Crippen molar-refractivity contribution >= 4 is 5.95 Å². The molecule has 120 valence electrons. The zero-order chi connectivity index (χ0) is 16.3. The van der Waals surface area contributed by atoms with Crippen LogP contribution in [0, 0.1) is 0 Å². The normalized spacial score (nSPS) is 12.6. The molecule has 1 aromatic heterocycles. The van der Waals surface area contributed by atoms with E-state index >= 15 is 0 Å². The Labute approximate surface area is 114 Å². The van der Waals surface area contributed by atoms with E-state index in [-0.39, 0.29) is 6.61 Å². The van der Waals surface area contributed by atoms with Crippen LogP contribution >= 0.6 is 0 Å². The lowest BCUT2D eigenvalue weighted by molar-refractivity contribution is -0.301. The third kappa shape index (κ3) is 5.11. The summed E-state index contributed by atoms with van der Waals surface area (Å²) in [6, 6.07) is -1.75. The Balaban J connectivity index is 3.01. The zero-order valence-corrected chi connectivity index (χ0v) is 10.5. The van der Waals surface area contributed by atoms with Crippen LogP contribution in [0.5, 0.6) is 12.0 Å². The van der Waals surface area contributed by atoms with Crippen molar-refractivity contribution in [1.29, 1.82) is 0 Å². The van der Waals surface area contributed by atoms with Gasteiger partial charge >= 0.3 is 24.4 Å². The Kier molecular flexibility index (Phi) is 5.01. The van der Waals surface area contributed by atoms with Crippen LogP contribution in [0.1, 0.15) is 13.3 Å². The Morgan fingerprint density at radius 1 is 1.00 bits per heavy atom. The second-order valence-electron chi connectivity index (χ2n) is 3.69. The van der Waals surface area contributed by atoms with Crippen molar-refractivity contribution in [2.45, 2.75) is 31.8 Å². The predicted molar refractivity (Wildman–Crippen MR) is 56.6 cm³/mol. The van der Waals surface area contributed by atoms with Crippen molar-refractivity contribution in [2.24, 2.45) is 0 Å². The molecule has 0 amide bonds. The maximum absolute atomic E-state index is 12.3. The third-order valence-corrected chi connectivity index (χ3v) is 1.86. The molecule has 0 fully saturated rings. The van der Waals surface area contributed by atoms with E-state index in [0.29, 0.717) is 6.42 Å². The second-order valence-corrected chi connectivity index (χ2v) is 3.69. The average Bonchev–Trinajstić information content (AvgIpc) is 2.30. The van der Waals surface area contributed by atoms with E-state index in [1.165, 1.54) is 0 Å². The number of aromatic nitrogens is 3. The van der Waals surface area contributed by atoms with E-state index in [4.69, 9.17) is 10.5 Å². The van der Waals surface area contributed by atoms with E-state index in [1.54, 1.807) is 6.92 Å². The van der Waals surface area contributed by atoms with Gasteiger partial charge in [-0.3, -0.25) is 0 Å². The lowest BCUT2D eigenvalue weighted by atomic mass is 10.3. The van der Waals surface area contributed by atoms with E-state index < -0.39 is 36.4 Å². The van der Waals surface area contributed by atoms with Crippen molar-refractivity contribution in [1.82, 2.24) is 15.0 Å². The van der Waals surface area contributed by atoms with Gasteiger partial charge in [-0.25, -0.2) is 0 Å². The Hall–Kier alpha value is -2.01. The molecule has 0 unspecified atom stereocenters. The molecule has 0 saturated heterocycles. The molecule has 1 aromatic rings. The number of ether oxygens (including phenoxy) is 2. The fraction of sp³-hybridized carbons (Fsp3) is 0.667. The summed E-state index contributed by atoms with van der Waals surface area (Å²) in [4.78, 5) is 9.65. The summed E-state index contributed by atoms with van der Waals surface area (Å²) in [6.45, 7) is 1.80. The van der Waals surface area contributed by atoms with Crippen LogP contribution in [0.15, 0.2) is 0 Å². The van der Waals surface area contributed by atoms with Crippen LogP contribution in [0.2, 0.25) is 0 Å². The fourth-order valence-electron chi connectivity index (χ4n) is 1.09. The van der Waals surface area contributed by atoms with Crippen LogP contribution in [0.4, 0.5) is 32.3 Å². The maximum Gasteiger partial charge on any atom is 0.434 e. The Bertz CT molecular complexity index is 464. The molecule has 0 aliphatic carbocycles. The summed E-state index contributed by atoms with van der Waals surface area (Å²) in [7, 11) is 0. The molecule has 0 radical (unpaired) electrons. The number of anilines is 1. The molecule has 6 nitrogen and oxygen atoms in total. The van der Waals surface area contributed by atoms with Crippen LogP contribution in [0.25, 0.3) is 0 Å². The summed E-state index contributed by atoms with van der Waals surface area (Å²) in [5, 5.41) is 0. The molecule has 12 heteroatoms. The van der Waals surface area contributed by atoms with Crippen LogP contribution in [-0.4, -0.2) is 40.0 Å². The van der Waals surface area contributed by atoms with E-state index in [9.17, 15) is 26.3 Å². The second kappa shape index (κ2) is 6.18. The highest BCUT2D eigenvalue weighted by Gasteiger charge is 2.59. The Morgan fingerprint density at radius 2 is 1.52 bits per heavy atom. The van der Waals surface area contributed by atoms with E-state index in [0.717, 1.165) is 0 Å². The summed E-state index contributed by atoms with van der Waals surface area (Å²) >= 11 is 0. The SMILES string of the molecule is CCCOc1nc(N)nc(OC(C(F)(F)F)C(F)(F)F)n1. The van der Waals surface area contributed by atoms with Gasteiger partial charge in [-0.05, 0) is 6.42 Å². The van der Waals surface area contributed by atoms with Gasteiger partial charge in [0.1, 0.15) is 0 Å². The average molecular weight is 320 g/mol. The fourth-order valence-corrected chi connectivity index (χ4v) is 1.09. The summed E-state index contributed by atoms with van der Waals surface area (Å²) in [5.74, 6) is -0.630. The van der Waals surface area contributed by atoms with Crippen LogP contribution < -0.4 is 15.2 Å². The first-order valence-electron chi connectivity index (χ1n) is 5.48. The predicted octanol–water partition coefficient (Wildman–Crippen LogP) is 2.11. The molecule has 21 heavy (non-hydrogen) atoms. The molecule has 1 rings (SSSR count). The highest BCUT2D eigenvalue weighted by atomic mass is 19.4. The minimum atomic E-state index is -5.69. The summed E-state index contributed by atoms with van der Waals surface area (Å²) < 4.78 is 82.6. The number of nitrogens with zero attached hydrogens (tertiary/aromatic N) is 3. The lowest BCUT2D eigenvalue weighted by Gasteiger charge is -2.22. The number of nitrogen functional groups attached to an aromatic ring is 1. The monoisotopic (exact) mass is 320 g/mol. The number of nitrogens with two attached hydrogens (primary N) is 1. The molecular weight excluding hydrogens is 310 g/mol. The quantitative estimate of drug-likeness (QED) is 0.837. The highest BCUT2D eigenvalue weighted by Crippen LogP contribution is 2.35. The first-order chi connectivity index (χ1) is 9.54. The number of alkyl halides is 6. The molecule has 1 heterocycles. The van der Waals surface area contributed by atoms with E-state index in [2.05, 4.69) is 19.7 Å². The summed E-state index contributed by atoms with van der Waals surface area (Å²) in [5.41, 5.74) is 5.14.